The molecule has 0 saturated carbocycles. The molecule has 6 heteroatoms. The SMILES string of the molecule is Nc1ccccc1NC(=O)c1ccc(N2CC[C@@H](Nc3cccnc3)C2)cc1. The highest BCUT2D eigenvalue weighted by Crippen LogP contribution is 2.23. The highest BCUT2D eigenvalue weighted by Gasteiger charge is 2.22. The summed E-state index contributed by atoms with van der Waals surface area (Å²) in [4.78, 5) is 18.9. The molecule has 1 aliphatic rings. The van der Waals surface area contributed by atoms with E-state index in [-0.39, 0.29) is 5.91 Å². The van der Waals surface area contributed by atoms with Crippen LogP contribution in [0.1, 0.15) is 16.8 Å². The lowest BCUT2D eigenvalue weighted by molar-refractivity contribution is 0.102. The average molecular weight is 373 g/mol. The molecule has 1 aromatic heterocycles. The number of nitrogens with one attached hydrogen (secondary N) is 2. The molecular weight excluding hydrogens is 350 g/mol. The van der Waals surface area contributed by atoms with Crippen LogP contribution in [0.3, 0.4) is 0 Å². The zero-order chi connectivity index (χ0) is 19.3. The molecule has 4 N–H and O–H groups in total. The number of aromatic nitrogens is 1. The van der Waals surface area contributed by atoms with Crippen LogP contribution in [0.2, 0.25) is 0 Å². The number of pyridine rings is 1. The molecule has 1 amide bonds. The molecule has 1 aliphatic heterocycles. The van der Waals surface area contributed by atoms with E-state index in [9.17, 15) is 4.79 Å². The molecule has 4 rings (SSSR count). The first-order valence-electron chi connectivity index (χ1n) is 9.36. The molecule has 0 spiro atoms. The summed E-state index contributed by atoms with van der Waals surface area (Å²) >= 11 is 0. The van der Waals surface area contributed by atoms with Gasteiger partial charge in [0, 0.05) is 42.8 Å². The van der Waals surface area contributed by atoms with Crippen LogP contribution in [0.15, 0.2) is 73.1 Å². The normalized spacial score (nSPS) is 16.0. The monoisotopic (exact) mass is 373 g/mol. The smallest absolute Gasteiger partial charge is 0.255 e. The van der Waals surface area contributed by atoms with E-state index in [2.05, 4.69) is 20.5 Å². The van der Waals surface area contributed by atoms with Crippen molar-refractivity contribution in [1.29, 1.82) is 0 Å². The van der Waals surface area contributed by atoms with Crippen molar-refractivity contribution < 1.29 is 4.79 Å². The Morgan fingerprint density at radius 3 is 2.64 bits per heavy atom. The van der Waals surface area contributed by atoms with E-state index in [1.165, 1.54) is 0 Å². The summed E-state index contributed by atoms with van der Waals surface area (Å²) in [6.45, 7) is 1.89. The Labute approximate surface area is 164 Å². The van der Waals surface area contributed by atoms with Crippen LogP contribution < -0.4 is 21.3 Å². The van der Waals surface area contributed by atoms with E-state index in [1.807, 2.05) is 54.7 Å². The van der Waals surface area contributed by atoms with Crippen LogP contribution in [0.25, 0.3) is 0 Å². The number of carbonyl (C=O) groups excluding carboxylic acids is 1. The van der Waals surface area contributed by atoms with E-state index >= 15 is 0 Å². The molecule has 28 heavy (non-hydrogen) atoms. The maximum atomic E-state index is 12.5. The highest BCUT2D eigenvalue weighted by molar-refractivity contribution is 6.05. The second-order valence-electron chi connectivity index (χ2n) is 6.91. The summed E-state index contributed by atoms with van der Waals surface area (Å²) in [5.41, 5.74) is 9.84. The number of anilines is 4. The number of benzene rings is 2. The molecule has 2 aromatic carbocycles. The minimum Gasteiger partial charge on any atom is -0.397 e. The fourth-order valence-electron chi connectivity index (χ4n) is 3.43. The number of rotatable bonds is 5. The van der Waals surface area contributed by atoms with Crippen molar-refractivity contribution in [3.63, 3.8) is 0 Å². The standard InChI is InChI=1S/C22H23N5O/c23-20-5-1-2-6-21(20)26-22(28)16-7-9-19(10-8-16)27-13-11-18(15-27)25-17-4-3-12-24-14-17/h1-10,12,14,18,25H,11,13,15,23H2,(H,26,28)/t18-/m1/s1. The maximum Gasteiger partial charge on any atom is 0.255 e. The lowest BCUT2D eigenvalue weighted by Gasteiger charge is -2.20. The predicted octanol–water partition coefficient (Wildman–Crippen LogP) is 3.61. The van der Waals surface area contributed by atoms with Crippen molar-refractivity contribution in [2.45, 2.75) is 12.5 Å². The number of hydrogen-bond acceptors (Lipinski definition) is 5. The Hall–Kier alpha value is -3.54. The number of amides is 1. The summed E-state index contributed by atoms with van der Waals surface area (Å²) in [6, 6.07) is 19.3. The zero-order valence-electron chi connectivity index (χ0n) is 15.5. The first-order valence-corrected chi connectivity index (χ1v) is 9.36. The van der Waals surface area contributed by atoms with Gasteiger partial charge in [0.15, 0.2) is 0 Å². The van der Waals surface area contributed by atoms with E-state index in [0.29, 0.717) is 23.0 Å². The molecule has 0 radical (unpaired) electrons. The van der Waals surface area contributed by atoms with Crippen LogP contribution >= 0.6 is 0 Å². The summed E-state index contributed by atoms with van der Waals surface area (Å²) in [6.07, 6.45) is 4.68. The first-order chi connectivity index (χ1) is 13.7. The van der Waals surface area contributed by atoms with Crippen LogP contribution in [0.4, 0.5) is 22.7 Å². The van der Waals surface area contributed by atoms with Crippen molar-refractivity contribution in [2.24, 2.45) is 0 Å². The van der Waals surface area contributed by atoms with Crippen molar-refractivity contribution in [1.82, 2.24) is 4.98 Å². The molecule has 1 atom stereocenters. The molecule has 0 bridgehead atoms. The Kier molecular flexibility index (Phi) is 5.10. The Morgan fingerprint density at radius 2 is 1.89 bits per heavy atom. The lowest BCUT2D eigenvalue weighted by atomic mass is 10.1. The van der Waals surface area contributed by atoms with Crippen LogP contribution in [0, 0.1) is 0 Å². The molecule has 6 nitrogen and oxygen atoms in total. The third-order valence-electron chi connectivity index (χ3n) is 4.92. The maximum absolute atomic E-state index is 12.5. The van der Waals surface area contributed by atoms with E-state index in [0.717, 1.165) is 30.9 Å². The van der Waals surface area contributed by atoms with Gasteiger partial charge in [-0.25, -0.2) is 0 Å². The van der Waals surface area contributed by atoms with Crippen LogP contribution in [-0.4, -0.2) is 30.0 Å². The quantitative estimate of drug-likeness (QED) is 0.595. The van der Waals surface area contributed by atoms with Gasteiger partial charge in [0.2, 0.25) is 0 Å². The van der Waals surface area contributed by atoms with Crippen LogP contribution in [-0.2, 0) is 0 Å². The van der Waals surface area contributed by atoms with Crippen molar-refractivity contribution >= 4 is 28.7 Å². The molecule has 1 fully saturated rings. The van der Waals surface area contributed by atoms with Gasteiger partial charge >= 0.3 is 0 Å². The fraction of sp³-hybridized carbons (Fsp3) is 0.182. The largest absolute Gasteiger partial charge is 0.397 e. The topological polar surface area (TPSA) is 83.3 Å². The minimum absolute atomic E-state index is 0.165. The third kappa shape index (κ3) is 4.06. The van der Waals surface area contributed by atoms with E-state index in [4.69, 9.17) is 5.73 Å². The second-order valence-corrected chi connectivity index (χ2v) is 6.91. The number of para-hydroxylation sites is 2. The van der Waals surface area contributed by atoms with Gasteiger partial charge in [-0.2, -0.15) is 0 Å². The number of nitrogens with two attached hydrogens (primary N) is 1. The Morgan fingerprint density at radius 1 is 1.07 bits per heavy atom. The Bertz CT molecular complexity index is 943. The molecular formula is C22H23N5O. The lowest BCUT2D eigenvalue weighted by Crippen LogP contribution is -2.26. The van der Waals surface area contributed by atoms with Crippen molar-refractivity contribution in [3.8, 4) is 0 Å². The number of carbonyl (C=O) groups is 1. The average Bonchev–Trinajstić information content (AvgIpc) is 3.19. The molecule has 0 unspecified atom stereocenters. The van der Waals surface area contributed by atoms with E-state index < -0.39 is 0 Å². The molecule has 0 aliphatic carbocycles. The predicted molar refractivity (Wildman–Crippen MR) is 114 cm³/mol. The minimum atomic E-state index is -0.165. The summed E-state index contributed by atoms with van der Waals surface area (Å²) in [5.74, 6) is -0.165. The van der Waals surface area contributed by atoms with E-state index in [1.54, 1.807) is 18.3 Å². The first kappa shape index (κ1) is 17.9. The fourth-order valence-corrected chi connectivity index (χ4v) is 3.43. The summed E-state index contributed by atoms with van der Waals surface area (Å²) < 4.78 is 0. The molecule has 2 heterocycles. The Balaban J connectivity index is 1.37. The summed E-state index contributed by atoms with van der Waals surface area (Å²) in [5, 5.41) is 6.38. The van der Waals surface area contributed by atoms with Gasteiger partial charge in [-0.1, -0.05) is 12.1 Å². The summed E-state index contributed by atoms with van der Waals surface area (Å²) in [7, 11) is 0. The number of hydrogen-bond donors (Lipinski definition) is 3. The third-order valence-corrected chi connectivity index (χ3v) is 4.92. The van der Waals surface area contributed by atoms with Crippen LogP contribution in [0.5, 0.6) is 0 Å². The van der Waals surface area contributed by atoms with Crippen molar-refractivity contribution in [3.05, 3.63) is 78.6 Å². The van der Waals surface area contributed by atoms with Gasteiger partial charge in [-0.05, 0) is 55.0 Å². The van der Waals surface area contributed by atoms with Crippen molar-refractivity contribution in [2.75, 3.05) is 34.4 Å². The molecule has 142 valence electrons. The van der Waals surface area contributed by atoms with Gasteiger partial charge in [-0.3, -0.25) is 9.78 Å². The van der Waals surface area contributed by atoms with Gasteiger partial charge in [0.05, 0.1) is 17.1 Å². The highest BCUT2D eigenvalue weighted by atomic mass is 16.1. The van der Waals surface area contributed by atoms with Gasteiger partial charge in [0.1, 0.15) is 0 Å². The van der Waals surface area contributed by atoms with Gasteiger partial charge in [0.25, 0.3) is 5.91 Å². The zero-order valence-corrected chi connectivity index (χ0v) is 15.5. The van der Waals surface area contributed by atoms with Gasteiger partial charge < -0.3 is 21.3 Å². The number of nitrogens with zero attached hydrogens (tertiary/aromatic N) is 2. The second kappa shape index (κ2) is 8.00. The molecule has 1 saturated heterocycles. The number of nitrogen functional groups attached to an aromatic ring is 1. The van der Waals surface area contributed by atoms with Gasteiger partial charge in [-0.15, -0.1) is 0 Å². The molecule has 3 aromatic rings.